The molecule has 2 unspecified atom stereocenters. The average Bonchev–Trinajstić information content (AvgIpc) is 3.32. The van der Waals surface area contributed by atoms with Gasteiger partial charge in [-0.3, -0.25) is 24.0 Å². The van der Waals surface area contributed by atoms with E-state index in [2.05, 4.69) is 101 Å². The number of carbonyl (C=O) groups is 6. The molecule has 1 radical (unpaired) electrons. The van der Waals surface area contributed by atoms with Crippen molar-refractivity contribution in [2.75, 3.05) is 14.2 Å². The Morgan fingerprint density at radius 1 is 0.587 bits per heavy atom. The number of aliphatic hydroxyl groups is 1. The van der Waals surface area contributed by atoms with Gasteiger partial charge in [0.25, 0.3) is 0 Å². The van der Waals surface area contributed by atoms with Crippen LogP contribution in [0.4, 0.5) is 0 Å². The van der Waals surface area contributed by atoms with E-state index in [0.29, 0.717) is 22.8 Å². The number of hydrogen-bond donors (Lipinski definition) is 1. The van der Waals surface area contributed by atoms with Gasteiger partial charge in [-0.2, -0.15) is 0 Å². The SMILES string of the molecule is COC(=O)[C@]12CCC(C)(C)C[C@H]1[C@H]1C(=O)C=C3[C@@]4(C)C=C(C#C[C](=O)[Al][C]5=C[C@]6(C)C7=CC(=O)[C@@H]8[C@@H]9CC(C)(C)CC[C@]9(C(=O)OC)CC[C@@]8(C)[C@]7(C)CC[C@H]6C(C)(C)C5O)C(=O)C(C)(C)C4CC[C@@]3(C)[C@]1(C)CC2. The highest BCUT2D eigenvalue weighted by molar-refractivity contribution is 6.83. The van der Waals surface area contributed by atoms with E-state index in [1.165, 1.54) is 14.2 Å². The number of fused-ring (bicyclic) bond motifs is 14. The van der Waals surface area contributed by atoms with Gasteiger partial charge >= 0.3 is 27.2 Å². The van der Waals surface area contributed by atoms with Crippen molar-refractivity contribution < 1.29 is 43.3 Å². The zero-order valence-corrected chi connectivity index (χ0v) is 49.7. The molecule has 10 aliphatic carbocycles. The lowest BCUT2D eigenvalue weighted by Gasteiger charge is -2.69. The summed E-state index contributed by atoms with van der Waals surface area (Å²) in [6, 6.07) is 0. The molecule has 1 N–H and O–H groups in total. The molecule has 75 heavy (non-hydrogen) atoms. The van der Waals surface area contributed by atoms with Crippen molar-refractivity contribution in [3.05, 3.63) is 45.5 Å². The fraction of sp³-hybridized carbons (Fsp3) is 0.754. The third-order valence-corrected chi connectivity index (χ3v) is 26.7. The summed E-state index contributed by atoms with van der Waals surface area (Å²) in [4.78, 5) is 87.1. The highest BCUT2D eigenvalue weighted by Crippen LogP contribution is 2.77. The smallest absolute Gasteiger partial charge is 0.379 e. The molecule has 0 saturated heterocycles. The molecule has 0 bridgehead atoms. The Morgan fingerprint density at radius 2 is 1.01 bits per heavy atom. The molecule has 10 aliphatic rings. The Hall–Kier alpha value is -3.37. The molecule has 405 valence electrons. The molecule has 10 rings (SSSR count). The number of esters is 2. The standard InChI is InChI=1S/C34H43O5.C31H45O4.Al/c1-29(2)13-15-34(28(38)39-8)16-14-33(7)26(22(34)20-29)23(36)18-25-31(5)19-21(10-9-17-35)27(37)30(3,4)24(31)11-12-32(25,33)6;1-26(2)13-15-31(25(34)35-8)16-14-30(7)24(19(31)18-26)20(32)17-22-28(5)11-10-23(33)27(3,4)21(28)9-12-29(22,30)6;/h18-19,22,24,26H,11-16,20H2,1-8H3;11,17,19,21,23-24,33H,9,12-16,18H2,1-8H3;/t22-,24?,26-,31-,32+,33+,34-;19-,21-,23?,24-,28-,29+,30+,31-;/m00./s1. The van der Waals surface area contributed by atoms with Gasteiger partial charge < -0.3 is 19.4 Å². The summed E-state index contributed by atoms with van der Waals surface area (Å²) in [6.45, 7) is 31.0. The number of aliphatic hydroxyl groups excluding tert-OH is 1. The summed E-state index contributed by atoms with van der Waals surface area (Å²) in [6.07, 6.45) is 18.1. The summed E-state index contributed by atoms with van der Waals surface area (Å²) in [5.41, 5.74) is -3.38. The molecule has 0 heterocycles. The Balaban J connectivity index is 0.989. The van der Waals surface area contributed by atoms with Crippen molar-refractivity contribution in [2.45, 2.75) is 193 Å². The van der Waals surface area contributed by atoms with Crippen LogP contribution in [0.25, 0.3) is 0 Å². The molecule has 10 heteroatoms. The number of allylic oxidation sites excluding steroid dienone is 7. The van der Waals surface area contributed by atoms with E-state index in [-0.39, 0.29) is 85.7 Å². The quantitative estimate of drug-likeness (QED) is 0.165. The molecule has 9 nitrogen and oxygen atoms in total. The fourth-order valence-corrected chi connectivity index (χ4v) is 22.4. The van der Waals surface area contributed by atoms with Crippen LogP contribution in [0.3, 0.4) is 0 Å². The molecule has 0 aromatic heterocycles. The first kappa shape index (κ1) is 55.0. The minimum atomic E-state index is -1.17. The lowest BCUT2D eigenvalue weighted by Crippen LogP contribution is -2.66. The number of ketones is 3. The van der Waals surface area contributed by atoms with E-state index in [0.717, 1.165) is 88.2 Å². The molecule has 0 aromatic carbocycles. The van der Waals surface area contributed by atoms with E-state index >= 15 is 9.59 Å². The average molecular weight is 1040 g/mol. The topological polar surface area (TPSA) is 141 Å². The maximum absolute atomic E-state index is 15.1. The van der Waals surface area contributed by atoms with E-state index in [9.17, 15) is 24.3 Å². The van der Waals surface area contributed by atoms with Crippen LogP contribution in [0, 0.1) is 112 Å². The summed E-state index contributed by atoms with van der Waals surface area (Å²) >= 11 is -1.17. The number of ether oxygens (including phenoxy) is 2. The molecular formula is C65H88AlO9. The van der Waals surface area contributed by atoms with Gasteiger partial charge in [0.1, 0.15) is 4.65 Å². The molecular weight excluding hydrogens is 952 g/mol. The second-order valence-corrected chi connectivity index (χ2v) is 32.1. The van der Waals surface area contributed by atoms with E-state index in [1.807, 2.05) is 32.1 Å². The van der Waals surface area contributed by atoms with Crippen LogP contribution in [0.2, 0.25) is 0 Å². The predicted octanol–water partition coefficient (Wildman–Crippen LogP) is 11.7. The predicted molar refractivity (Wildman–Crippen MR) is 290 cm³/mol. The third kappa shape index (κ3) is 7.16. The van der Waals surface area contributed by atoms with Gasteiger partial charge in [-0.15, -0.1) is 4.44 Å². The van der Waals surface area contributed by atoms with Crippen molar-refractivity contribution in [3.63, 3.8) is 0 Å². The molecule has 0 spiro atoms. The Kier molecular flexibility index (Phi) is 12.3. The zero-order valence-electron chi connectivity index (χ0n) is 48.5. The van der Waals surface area contributed by atoms with Gasteiger partial charge in [-0.25, -0.2) is 0 Å². The Bertz CT molecular complexity index is 2790. The lowest BCUT2D eigenvalue weighted by atomic mass is 9.34. The molecule has 0 aliphatic heterocycles. The van der Waals surface area contributed by atoms with Crippen molar-refractivity contribution >= 4 is 49.2 Å². The van der Waals surface area contributed by atoms with Crippen LogP contribution >= 0.6 is 0 Å². The molecule has 0 amide bonds. The number of hydrogen-bond acceptors (Lipinski definition) is 9. The van der Waals surface area contributed by atoms with Crippen LogP contribution in [-0.2, 0) is 38.2 Å². The first-order chi connectivity index (χ1) is 34.6. The van der Waals surface area contributed by atoms with Gasteiger partial charge in [-0.05, 0) is 170 Å². The van der Waals surface area contributed by atoms with Crippen LogP contribution < -0.4 is 0 Å². The van der Waals surface area contributed by atoms with Crippen molar-refractivity contribution in [1.82, 2.24) is 0 Å². The van der Waals surface area contributed by atoms with E-state index in [1.54, 1.807) is 0 Å². The molecule has 6 fully saturated rings. The second kappa shape index (κ2) is 16.8. The molecule has 15 atom stereocenters. The first-order valence-electron chi connectivity index (χ1n) is 28.9. The highest BCUT2D eigenvalue weighted by Gasteiger charge is 2.73. The third-order valence-electron chi connectivity index (χ3n) is 25.5. The van der Waals surface area contributed by atoms with Crippen molar-refractivity contribution in [3.8, 4) is 11.8 Å². The van der Waals surface area contributed by atoms with Gasteiger partial charge in [0.05, 0.1) is 36.7 Å². The van der Waals surface area contributed by atoms with Crippen molar-refractivity contribution in [1.29, 1.82) is 0 Å². The Labute approximate surface area is 455 Å². The number of carbonyl (C=O) groups excluding carboxylic acids is 6. The largest absolute Gasteiger partial charge is 0.469 e. The lowest BCUT2D eigenvalue weighted by molar-refractivity contribution is -0.192. The number of rotatable bonds is 4. The normalized spacial score (nSPS) is 46.4. The fourth-order valence-electron chi connectivity index (χ4n) is 21.0. The van der Waals surface area contributed by atoms with Crippen LogP contribution in [-0.4, -0.2) is 74.6 Å². The number of methoxy groups -OCH3 is 2. The minimum absolute atomic E-state index is 0.00196. The van der Waals surface area contributed by atoms with Gasteiger partial charge in [0.15, 0.2) is 17.3 Å². The van der Waals surface area contributed by atoms with Crippen LogP contribution in [0.15, 0.2) is 45.5 Å². The Morgan fingerprint density at radius 3 is 1.47 bits per heavy atom. The highest BCUT2D eigenvalue weighted by atomic mass is 27.1. The van der Waals surface area contributed by atoms with Crippen LogP contribution in [0.1, 0.15) is 187 Å². The van der Waals surface area contributed by atoms with Gasteiger partial charge in [0, 0.05) is 28.1 Å². The first-order valence-corrected chi connectivity index (χ1v) is 30.0. The maximum atomic E-state index is 15.1. The zero-order chi connectivity index (χ0) is 55.1. The van der Waals surface area contributed by atoms with E-state index < -0.39 is 70.1 Å². The minimum Gasteiger partial charge on any atom is -0.469 e. The number of Topliss-reactive ketones (excluding diaryl/α,β-unsaturated/α-hetero) is 1. The second-order valence-electron chi connectivity index (χ2n) is 30.6. The molecule has 0 aromatic rings. The molecule has 6 saturated carbocycles. The van der Waals surface area contributed by atoms with Gasteiger partial charge in [-0.1, -0.05) is 126 Å². The van der Waals surface area contributed by atoms with E-state index in [4.69, 9.17) is 9.47 Å². The maximum Gasteiger partial charge on any atom is 0.379 e. The summed E-state index contributed by atoms with van der Waals surface area (Å²) in [7, 11) is 2.97. The van der Waals surface area contributed by atoms with Crippen LogP contribution in [0.5, 0.6) is 0 Å². The van der Waals surface area contributed by atoms with Crippen molar-refractivity contribution in [2.24, 2.45) is 100 Å². The summed E-state index contributed by atoms with van der Waals surface area (Å²) in [5.74, 6) is 4.78. The van der Waals surface area contributed by atoms with Gasteiger partial charge in [0.2, 0.25) is 0 Å². The monoisotopic (exact) mass is 1040 g/mol. The summed E-state index contributed by atoms with van der Waals surface area (Å²) < 4.78 is 11.5. The summed E-state index contributed by atoms with van der Waals surface area (Å²) in [5, 5.41) is 12.3.